The summed E-state index contributed by atoms with van der Waals surface area (Å²) in [6, 6.07) is 52.2. The molecule has 2 nitrogen and oxygen atoms in total. The van der Waals surface area contributed by atoms with E-state index in [-0.39, 0.29) is 0 Å². The molecule has 8 rings (SSSR count). The van der Waals surface area contributed by atoms with Crippen LogP contribution in [0.1, 0.15) is 0 Å². The molecule has 0 aliphatic heterocycles. The minimum atomic E-state index is 1.11. The van der Waals surface area contributed by atoms with Crippen molar-refractivity contribution in [2.24, 2.45) is 0 Å². The van der Waals surface area contributed by atoms with E-state index in [0.717, 1.165) is 17.1 Å². The third kappa shape index (κ3) is 4.23. The molecule has 0 aliphatic rings. The van der Waals surface area contributed by atoms with Crippen LogP contribution in [0.2, 0.25) is 0 Å². The molecular weight excluding hydrogens is 529 g/mol. The van der Waals surface area contributed by atoms with E-state index in [1.54, 1.807) is 0 Å². The molecule has 0 fully saturated rings. The van der Waals surface area contributed by atoms with E-state index in [1.165, 1.54) is 53.2 Å². The summed E-state index contributed by atoms with van der Waals surface area (Å²) < 4.78 is 2.56. The van der Waals surface area contributed by atoms with Crippen LogP contribution in [-0.2, 0) is 0 Å². The molecule has 0 amide bonds. The summed E-state index contributed by atoms with van der Waals surface area (Å²) >= 11 is 1.84. The summed E-state index contributed by atoms with van der Waals surface area (Å²) in [6.07, 6.45) is 3.87. The van der Waals surface area contributed by atoms with Crippen molar-refractivity contribution >= 4 is 59.3 Å². The Bertz CT molecular complexity index is 2180. The Kier molecular flexibility index (Phi) is 6.02. The number of pyridine rings is 1. The van der Waals surface area contributed by atoms with E-state index < -0.39 is 0 Å². The van der Waals surface area contributed by atoms with Gasteiger partial charge in [0.05, 0.1) is 5.69 Å². The highest BCUT2D eigenvalue weighted by Gasteiger charge is 2.19. The zero-order valence-electron chi connectivity index (χ0n) is 22.8. The highest BCUT2D eigenvalue weighted by molar-refractivity contribution is 7.26. The van der Waals surface area contributed by atoms with Crippen LogP contribution in [0, 0.1) is 0 Å². The minimum absolute atomic E-state index is 1.11. The molecule has 0 unspecified atom stereocenters. The molecular formula is C39H26N2S. The molecule has 0 radical (unpaired) electrons. The Morgan fingerprint density at radius 3 is 1.98 bits per heavy atom. The lowest BCUT2D eigenvalue weighted by atomic mass is 10.0. The van der Waals surface area contributed by atoms with Gasteiger partial charge in [0.1, 0.15) is 0 Å². The average Bonchev–Trinajstić information content (AvgIpc) is 3.45. The van der Waals surface area contributed by atoms with Crippen LogP contribution < -0.4 is 4.90 Å². The summed E-state index contributed by atoms with van der Waals surface area (Å²) in [5.41, 5.74) is 8.18. The largest absolute Gasteiger partial charge is 0.310 e. The molecule has 3 heteroatoms. The molecule has 2 aromatic heterocycles. The van der Waals surface area contributed by atoms with Gasteiger partial charge >= 0.3 is 0 Å². The lowest BCUT2D eigenvalue weighted by Gasteiger charge is -2.28. The first-order valence-corrected chi connectivity index (χ1v) is 14.9. The molecule has 0 bridgehead atoms. The number of rotatable bonds is 5. The summed E-state index contributed by atoms with van der Waals surface area (Å²) in [5, 5.41) is 4.94. The van der Waals surface area contributed by atoms with Crippen molar-refractivity contribution in [2.75, 3.05) is 4.90 Å². The number of hydrogen-bond acceptors (Lipinski definition) is 3. The zero-order valence-corrected chi connectivity index (χ0v) is 23.6. The predicted molar refractivity (Wildman–Crippen MR) is 180 cm³/mol. The van der Waals surface area contributed by atoms with Gasteiger partial charge in [0, 0.05) is 54.9 Å². The summed E-state index contributed by atoms with van der Waals surface area (Å²) in [7, 11) is 0. The second-order valence-corrected chi connectivity index (χ2v) is 11.5. The second-order valence-electron chi connectivity index (χ2n) is 10.4. The van der Waals surface area contributed by atoms with E-state index >= 15 is 0 Å². The van der Waals surface area contributed by atoms with Gasteiger partial charge in [-0.1, -0.05) is 97.1 Å². The van der Waals surface area contributed by atoms with Gasteiger partial charge in [-0.25, -0.2) is 0 Å². The monoisotopic (exact) mass is 554 g/mol. The molecule has 8 aromatic rings. The molecule has 2 heterocycles. The Labute approximate surface area is 248 Å². The Morgan fingerprint density at radius 1 is 0.500 bits per heavy atom. The van der Waals surface area contributed by atoms with Crippen molar-refractivity contribution in [1.29, 1.82) is 0 Å². The van der Waals surface area contributed by atoms with Gasteiger partial charge in [0.2, 0.25) is 0 Å². The summed E-state index contributed by atoms with van der Waals surface area (Å²) in [6.45, 7) is 0. The fraction of sp³-hybridized carbons (Fsp3) is 0. The van der Waals surface area contributed by atoms with Gasteiger partial charge in [-0.3, -0.25) is 4.98 Å². The van der Waals surface area contributed by atoms with Crippen LogP contribution in [0.4, 0.5) is 17.1 Å². The maximum absolute atomic E-state index is 4.47. The fourth-order valence-electron chi connectivity index (χ4n) is 5.95. The van der Waals surface area contributed by atoms with Crippen LogP contribution in [-0.4, -0.2) is 4.98 Å². The number of para-hydroxylation sites is 1. The first kappa shape index (κ1) is 24.5. The Hall–Kier alpha value is -5.25. The van der Waals surface area contributed by atoms with Crippen molar-refractivity contribution in [2.45, 2.75) is 0 Å². The second kappa shape index (κ2) is 10.3. The third-order valence-corrected chi connectivity index (χ3v) is 9.09. The molecule has 0 atom stereocenters. The van der Waals surface area contributed by atoms with Crippen LogP contribution in [0.3, 0.4) is 0 Å². The van der Waals surface area contributed by atoms with Crippen molar-refractivity contribution in [3.8, 4) is 22.3 Å². The van der Waals surface area contributed by atoms with Gasteiger partial charge in [-0.05, 0) is 70.6 Å². The van der Waals surface area contributed by atoms with Gasteiger partial charge in [-0.2, -0.15) is 0 Å². The summed E-state index contributed by atoms with van der Waals surface area (Å²) in [4.78, 5) is 6.87. The quantitative estimate of drug-likeness (QED) is 0.210. The maximum Gasteiger partial charge on any atom is 0.0540 e. The first-order chi connectivity index (χ1) is 20.8. The van der Waals surface area contributed by atoms with Crippen molar-refractivity contribution in [1.82, 2.24) is 4.98 Å². The SMILES string of the molecule is c1ccc(-c2ccc(N(c3ccc4sc5ccc6ccncc6c5c4c3)c3ccccc3-c3ccccc3)cc2)cc1. The van der Waals surface area contributed by atoms with Gasteiger partial charge in [0.15, 0.2) is 0 Å². The number of thiophene rings is 1. The van der Waals surface area contributed by atoms with E-state index in [0.29, 0.717) is 0 Å². The van der Waals surface area contributed by atoms with E-state index in [4.69, 9.17) is 0 Å². The topological polar surface area (TPSA) is 16.1 Å². The van der Waals surface area contributed by atoms with Crippen LogP contribution in [0.15, 0.2) is 158 Å². The Balaban J connectivity index is 1.36. The minimum Gasteiger partial charge on any atom is -0.310 e. The standard InChI is InChI=1S/C39H26N2S/c1-3-9-27(10-4-1)28-15-18-31(19-16-28)41(36-14-8-7-13-33(36)29-11-5-2-6-12-29)32-20-22-37-34(25-32)39-35-26-40-24-23-30(35)17-21-38(39)42-37/h1-26H. The van der Waals surface area contributed by atoms with Gasteiger partial charge in [0.25, 0.3) is 0 Å². The number of benzene rings is 6. The van der Waals surface area contributed by atoms with Gasteiger partial charge in [-0.15, -0.1) is 11.3 Å². The predicted octanol–water partition coefficient (Wildman–Crippen LogP) is 11.4. The molecule has 198 valence electrons. The van der Waals surface area contributed by atoms with E-state index in [2.05, 4.69) is 155 Å². The molecule has 0 saturated heterocycles. The maximum atomic E-state index is 4.47. The number of hydrogen-bond donors (Lipinski definition) is 0. The van der Waals surface area contributed by atoms with Gasteiger partial charge < -0.3 is 4.90 Å². The molecule has 42 heavy (non-hydrogen) atoms. The highest BCUT2D eigenvalue weighted by atomic mass is 32.1. The van der Waals surface area contributed by atoms with E-state index in [1.807, 2.05) is 23.7 Å². The third-order valence-electron chi connectivity index (χ3n) is 7.96. The first-order valence-electron chi connectivity index (χ1n) is 14.1. The smallest absolute Gasteiger partial charge is 0.0540 e. The number of anilines is 3. The van der Waals surface area contributed by atoms with Crippen molar-refractivity contribution < 1.29 is 0 Å². The normalized spacial score (nSPS) is 11.3. The zero-order chi connectivity index (χ0) is 27.9. The van der Waals surface area contributed by atoms with Crippen molar-refractivity contribution in [3.63, 3.8) is 0 Å². The number of fused-ring (bicyclic) bond motifs is 5. The van der Waals surface area contributed by atoms with E-state index in [9.17, 15) is 0 Å². The molecule has 0 aliphatic carbocycles. The number of aromatic nitrogens is 1. The molecule has 6 aromatic carbocycles. The lowest BCUT2D eigenvalue weighted by Crippen LogP contribution is -2.11. The highest BCUT2D eigenvalue weighted by Crippen LogP contribution is 2.45. The molecule has 0 spiro atoms. The molecule has 0 saturated carbocycles. The lowest BCUT2D eigenvalue weighted by molar-refractivity contribution is 1.29. The van der Waals surface area contributed by atoms with Crippen LogP contribution in [0.5, 0.6) is 0 Å². The number of nitrogens with zero attached hydrogens (tertiary/aromatic N) is 2. The van der Waals surface area contributed by atoms with Crippen LogP contribution in [0.25, 0.3) is 53.2 Å². The van der Waals surface area contributed by atoms with Crippen molar-refractivity contribution in [3.05, 3.63) is 158 Å². The fourth-order valence-corrected chi connectivity index (χ4v) is 7.06. The molecule has 0 N–H and O–H groups in total. The summed E-state index contributed by atoms with van der Waals surface area (Å²) in [5.74, 6) is 0. The Morgan fingerprint density at radius 2 is 1.17 bits per heavy atom. The van der Waals surface area contributed by atoms with Crippen LogP contribution >= 0.6 is 11.3 Å². The average molecular weight is 555 g/mol.